The molecule has 0 saturated carbocycles. The number of ether oxygens (including phenoxy) is 1. The molecule has 0 saturated heterocycles. The van der Waals surface area contributed by atoms with E-state index < -0.39 is 5.91 Å². The van der Waals surface area contributed by atoms with Crippen molar-refractivity contribution in [3.8, 4) is 5.75 Å². The van der Waals surface area contributed by atoms with Crippen molar-refractivity contribution in [2.45, 2.75) is 26.5 Å². The molecule has 1 aromatic heterocycles. The number of fused-ring (bicyclic) bond motifs is 1. The number of rotatable bonds is 6. The van der Waals surface area contributed by atoms with E-state index in [4.69, 9.17) is 4.74 Å². The molecule has 1 unspecified atom stereocenters. The molecule has 0 spiro atoms. The number of nitrogens with one attached hydrogen (secondary N) is 2. The number of carbonyl (C=O) groups is 2. The molecule has 1 atom stereocenters. The Bertz CT molecular complexity index is 1210. The zero-order chi connectivity index (χ0) is 23.2. The van der Waals surface area contributed by atoms with E-state index in [1.807, 2.05) is 62.4 Å². The van der Waals surface area contributed by atoms with Gasteiger partial charge in [-0.2, -0.15) is 0 Å². The van der Waals surface area contributed by atoms with Gasteiger partial charge >= 0.3 is 0 Å². The number of amides is 2. The average Bonchev–Trinajstić information content (AvgIpc) is 2.83. The molecule has 6 nitrogen and oxygen atoms in total. The van der Waals surface area contributed by atoms with Crippen LogP contribution in [0.2, 0.25) is 0 Å². The summed E-state index contributed by atoms with van der Waals surface area (Å²) in [6.45, 7) is 4.15. The lowest BCUT2D eigenvalue weighted by Gasteiger charge is -2.23. The summed E-state index contributed by atoms with van der Waals surface area (Å²) in [5.41, 5.74) is 4.22. The molecule has 0 radical (unpaired) electrons. The van der Waals surface area contributed by atoms with Gasteiger partial charge in [-0.25, -0.2) is 0 Å². The normalized spacial score (nSPS) is 15.0. The molecule has 4 rings (SSSR count). The first-order chi connectivity index (χ1) is 16.0. The second-order valence-electron chi connectivity index (χ2n) is 7.86. The van der Waals surface area contributed by atoms with Gasteiger partial charge < -0.3 is 15.4 Å². The Balaban J connectivity index is 1.61. The predicted octanol–water partition coefficient (Wildman–Crippen LogP) is 4.18. The Hall–Kier alpha value is -4.19. The van der Waals surface area contributed by atoms with Crippen LogP contribution in [-0.2, 0) is 11.3 Å². The van der Waals surface area contributed by atoms with Crippen LogP contribution in [0.4, 0.5) is 0 Å². The van der Waals surface area contributed by atoms with Gasteiger partial charge in [-0.3, -0.25) is 14.6 Å². The Morgan fingerprint density at radius 1 is 1.06 bits per heavy atom. The van der Waals surface area contributed by atoms with Crippen LogP contribution in [0.25, 0.3) is 6.08 Å². The van der Waals surface area contributed by atoms with Crippen molar-refractivity contribution in [1.82, 2.24) is 15.6 Å². The van der Waals surface area contributed by atoms with E-state index in [0.717, 1.165) is 28.0 Å². The molecule has 0 fully saturated rings. The lowest BCUT2D eigenvalue weighted by Crippen LogP contribution is -2.35. The van der Waals surface area contributed by atoms with Gasteiger partial charge in [-0.15, -0.1) is 0 Å². The zero-order valence-corrected chi connectivity index (χ0v) is 18.5. The number of carbonyl (C=O) groups excluding carboxylic acids is 2. The fourth-order valence-electron chi connectivity index (χ4n) is 3.43. The third kappa shape index (κ3) is 5.54. The third-order valence-electron chi connectivity index (χ3n) is 5.31. The second-order valence-corrected chi connectivity index (χ2v) is 7.86. The predicted molar refractivity (Wildman–Crippen MR) is 127 cm³/mol. The van der Waals surface area contributed by atoms with Gasteiger partial charge in [0.1, 0.15) is 17.6 Å². The number of nitrogens with zero attached hydrogens (tertiary/aromatic N) is 1. The summed E-state index contributed by atoms with van der Waals surface area (Å²) < 4.78 is 5.99. The molecule has 2 heterocycles. The minimum absolute atomic E-state index is 0.144. The number of para-hydroxylation sites is 1. The molecule has 0 aliphatic carbocycles. The second kappa shape index (κ2) is 9.96. The maximum Gasteiger partial charge on any atom is 0.268 e. The minimum Gasteiger partial charge on any atom is -0.485 e. The van der Waals surface area contributed by atoms with Crippen molar-refractivity contribution in [1.29, 1.82) is 0 Å². The van der Waals surface area contributed by atoms with Gasteiger partial charge in [-0.05, 0) is 61.4 Å². The SMILES string of the molecule is Cc1ccc(C(=O)N/C(=C\C2=Cc3ccccc3OC2C)C(=O)NCc2cccnc2)cc1. The van der Waals surface area contributed by atoms with Crippen LogP contribution < -0.4 is 15.4 Å². The van der Waals surface area contributed by atoms with Crippen molar-refractivity contribution in [2.75, 3.05) is 0 Å². The first-order valence-corrected chi connectivity index (χ1v) is 10.7. The first kappa shape index (κ1) is 22.0. The summed E-state index contributed by atoms with van der Waals surface area (Å²) in [5, 5.41) is 5.64. The van der Waals surface area contributed by atoms with E-state index in [-0.39, 0.29) is 17.7 Å². The van der Waals surface area contributed by atoms with Gasteiger partial charge in [-0.1, -0.05) is 42.0 Å². The largest absolute Gasteiger partial charge is 0.485 e. The number of hydrogen-bond donors (Lipinski definition) is 2. The molecular weight excluding hydrogens is 414 g/mol. The Labute approximate surface area is 193 Å². The lowest BCUT2D eigenvalue weighted by atomic mass is 10.0. The van der Waals surface area contributed by atoms with Gasteiger partial charge in [0.25, 0.3) is 11.8 Å². The van der Waals surface area contributed by atoms with E-state index in [0.29, 0.717) is 12.1 Å². The van der Waals surface area contributed by atoms with Crippen molar-refractivity contribution in [3.05, 3.63) is 113 Å². The van der Waals surface area contributed by atoms with Crippen molar-refractivity contribution >= 4 is 17.9 Å². The van der Waals surface area contributed by atoms with Crippen molar-refractivity contribution < 1.29 is 14.3 Å². The van der Waals surface area contributed by atoms with Crippen LogP contribution in [0, 0.1) is 6.92 Å². The number of hydrogen-bond acceptors (Lipinski definition) is 4. The van der Waals surface area contributed by atoms with E-state index in [1.54, 1.807) is 36.7 Å². The molecule has 1 aliphatic rings. The maximum absolute atomic E-state index is 13.1. The van der Waals surface area contributed by atoms with Gasteiger partial charge in [0.15, 0.2) is 0 Å². The smallest absolute Gasteiger partial charge is 0.268 e. The number of benzene rings is 2. The summed E-state index contributed by atoms with van der Waals surface area (Å²) in [4.78, 5) is 30.0. The maximum atomic E-state index is 13.1. The highest BCUT2D eigenvalue weighted by molar-refractivity contribution is 6.03. The highest BCUT2D eigenvalue weighted by Gasteiger charge is 2.21. The highest BCUT2D eigenvalue weighted by Crippen LogP contribution is 2.30. The van der Waals surface area contributed by atoms with E-state index in [2.05, 4.69) is 15.6 Å². The fraction of sp³-hybridized carbons (Fsp3) is 0.148. The molecule has 2 N–H and O–H groups in total. The number of aryl methyl sites for hydroxylation is 1. The molecule has 2 amide bonds. The van der Waals surface area contributed by atoms with Gasteiger partial charge in [0.2, 0.25) is 0 Å². The van der Waals surface area contributed by atoms with Crippen molar-refractivity contribution in [3.63, 3.8) is 0 Å². The van der Waals surface area contributed by atoms with Crippen LogP contribution in [0.3, 0.4) is 0 Å². The molecule has 3 aromatic rings. The third-order valence-corrected chi connectivity index (χ3v) is 5.31. The summed E-state index contributed by atoms with van der Waals surface area (Å²) in [5.74, 6) is 0.0304. The molecule has 0 bridgehead atoms. The quantitative estimate of drug-likeness (QED) is 0.565. The van der Waals surface area contributed by atoms with Crippen LogP contribution in [0.1, 0.15) is 34.0 Å². The topological polar surface area (TPSA) is 80.3 Å². The van der Waals surface area contributed by atoms with Crippen LogP contribution >= 0.6 is 0 Å². The summed E-state index contributed by atoms with van der Waals surface area (Å²) in [7, 11) is 0. The standard InChI is InChI=1S/C27H25N3O3/c1-18-9-11-21(12-10-18)26(31)30-24(27(32)29-17-20-6-5-13-28-16-20)15-23-14-22-7-3-4-8-25(22)33-19(23)2/h3-16,19H,17H2,1-2H3,(H,29,32)(H,30,31)/b24-15-. The number of aromatic nitrogens is 1. The summed E-state index contributed by atoms with van der Waals surface area (Å²) >= 11 is 0. The molecule has 6 heteroatoms. The molecule has 2 aromatic carbocycles. The first-order valence-electron chi connectivity index (χ1n) is 10.7. The van der Waals surface area contributed by atoms with Crippen molar-refractivity contribution in [2.24, 2.45) is 0 Å². The summed E-state index contributed by atoms with van der Waals surface area (Å²) in [6.07, 6.45) is 6.72. The van der Waals surface area contributed by atoms with E-state index in [9.17, 15) is 9.59 Å². The summed E-state index contributed by atoms with van der Waals surface area (Å²) in [6, 6.07) is 18.6. The molecule has 33 heavy (non-hydrogen) atoms. The van der Waals surface area contributed by atoms with Gasteiger partial charge in [0, 0.05) is 30.1 Å². The lowest BCUT2D eigenvalue weighted by molar-refractivity contribution is -0.118. The molecule has 166 valence electrons. The Kier molecular flexibility index (Phi) is 6.64. The van der Waals surface area contributed by atoms with E-state index >= 15 is 0 Å². The van der Waals surface area contributed by atoms with Crippen LogP contribution in [0.5, 0.6) is 5.75 Å². The minimum atomic E-state index is -0.397. The zero-order valence-electron chi connectivity index (χ0n) is 18.5. The Morgan fingerprint density at radius 3 is 2.61 bits per heavy atom. The number of pyridine rings is 1. The monoisotopic (exact) mass is 439 g/mol. The average molecular weight is 440 g/mol. The fourth-order valence-corrected chi connectivity index (χ4v) is 3.43. The van der Waals surface area contributed by atoms with Gasteiger partial charge in [0.05, 0.1) is 0 Å². The van der Waals surface area contributed by atoms with E-state index in [1.165, 1.54) is 0 Å². The molecular formula is C27H25N3O3. The molecule has 1 aliphatic heterocycles. The highest BCUT2D eigenvalue weighted by atomic mass is 16.5. The van der Waals surface area contributed by atoms with Crippen LogP contribution in [0.15, 0.2) is 90.4 Å². The Morgan fingerprint density at radius 2 is 1.85 bits per heavy atom. The van der Waals surface area contributed by atoms with Crippen LogP contribution in [-0.4, -0.2) is 22.9 Å².